The molecule has 0 amide bonds. The quantitative estimate of drug-likeness (QED) is 0.257. The van der Waals surface area contributed by atoms with Gasteiger partial charge in [0.2, 0.25) is 0 Å². The highest BCUT2D eigenvalue weighted by molar-refractivity contribution is 6.78. The van der Waals surface area contributed by atoms with Gasteiger partial charge >= 0.3 is 8.80 Å². The van der Waals surface area contributed by atoms with Crippen molar-refractivity contribution in [2.24, 2.45) is 0 Å². The Morgan fingerprint density at radius 1 is 0.519 bits per heavy atom. The van der Waals surface area contributed by atoms with E-state index in [1.807, 2.05) is 0 Å². The third-order valence-electron chi connectivity index (χ3n) is 5.66. The van der Waals surface area contributed by atoms with Gasteiger partial charge in [-0.3, -0.25) is 0 Å². The Labute approximate surface area is 158 Å². The van der Waals surface area contributed by atoms with Gasteiger partial charge in [0.15, 0.2) is 0 Å². The van der Waals surface area contributed by atoms with Crippen molar-refractivity contribution in [2.75, 3.05) is 21.3 Å². The summed E-state index contributed by atoms with van der Waals surface area (Å²) in [6.07, 6.45) is 0. The van der Waals surface area contributed by atoms with E-state index in [-0.39, 0.29) is 0 Å². The molecule has 0 spiro atoms. The van der Waals surface area contributed by atoms with Gasteiger partial charge in [0.25, 0.3) is 0 Å². The van der Waals surface area contributed by atoms with Crippen LogP contribution in [0.25, 0.3) is 43.1 Å². The fourth-order valence-corrected chi connectivity index (χ4v) is 6.48. The molecular formula is C23H20O3Si. The van der Waals surface area contributed by atoms with E-state index < -0.39 is 8.80 Å². The molecule has 0 aromatic heterocycles. The molecule has 27 heavy (non-hydrogen) atoms. The average molecular weight is 372 g/mol. The average Bonchev–Trinajstić information content (AvgIpc) is 2.74. The maximum absolute atomic E-state index is 5.78. The van der Waals surface area contributed by atoms with Crippen molar-refractivity contribution in [2.45, 2.75) is 0 Å². The SMILES string of the molecule is CO[Si](OC)(OC)c1ccc2c3cccc4cccc(c5cccc1c52)c43. The second-order valence-electron chi connectivity index (χ2n) is 6.77. The van der Waals surface area contributed by atoms with E-state index >= 15 is 0 Å². The number of fused-ring (bicyclic) bond motifs is 2. The van der Waals surface area contributed by atoms with Gasteiger partial charge in [0.05, 0.1) is 0 Å². The normalized spacial score (nSPS) is 12.7. The van der Waals surface area contributed by atoms with Crippen LogP contribution in [0, 0.1) is 0 Å². The fraction of sp³-hybridized carbons (Fsp3) is 0.130. The molecule has 0 heterocycles. The van der Waals surface area contributed by atoms with Crippen molar-refractivity contribution >= 4 is 57.1 Å². The molecule has 0 saturated heterocycles. The van der Waals surface area contributed by atoms with Crippen LogP contribution in [0.3, 0.4) is 0 Å². The minimum absolute atomic E-state index is 1.00. The number of benzene rings is 5. The molecule has 5 aromatic carbocycles. The summed E-state index contributed by atoms with van der Waals surface area (Å²) in [5.74, 6) is 0. The molecule has 134 valence electrons. The third-order valence-corrected chi connectivity index (χ3v) is 8.37. The Balaban J connectivity index is 2.05. The first kappa shape index (κ1) is 16.7. The molecule has 4 heteroatoms. The zero-order valence-electron chi connectivity index (χ0n) is 15.6. The summed E-state index contributed by atoms with van der Waals surface area (Å²) in [7, 11) is 2.03. The first-order chi connectivity index (χ1) is 13.2. The Bertz CT molecular complexity index is 1230. The van der Waals surface area contributed by atoms with Crippen LogP contribution in [0.4, 0.5) is 0 Å². The van der Waals surface area contributed by atoms with Gasteiger partial charge in [-0.25, -0.2) is 0 Å². The molecule has 0 aliphatic carbocycles. The molecule has 0 bridgehead atoms. The van der Waals surface area contributed by atoms with Crippen molar-refractivity contribution in [1.82, 2.24) is 0 Å². The highest BCUT2D eigenvalue weighted by Gasteiger charge is 2.42. The van der Waals surface area contributed by atoms with Gasteiger partial charge in [-0.15, -0.1) is 0 Å². The Hall–Kier alpha value is -2.50. The van der Waals surface area contributed by atoms with Crippen LogP contribution in [-0.2, 0) is 13.3 Å². The monoisotopic (exact) mass is 372 g/mol. The second kappa shape index (κ2) is 6.01. The summed E-state index contributed by atoms with van der Waals surface area (Å²) in [5.41, 5.74) is 0. The van der Waals surface area contributed by atoms with E-state index in [0.717, 1.165) is 10.6 Å². The Morgan fingerprint density at radius 2 is 1.00 bits per heavy atom. The minimum atomic E-state index is -2.95. The van der Waals surface area contributed by atoms with E-state index in [1.54, 1.807) is 21.3 Å². The maximum Gasteiger partial charge on any atom is 0.537 e. The van der Waals surface area contributed by atoms with Crippen molar-refractivity contribution in [3.63, 3.8) is 0 Å². The van der Waals surface area contributed by atoms with Crippen molar-refractivity contribution in [3.05, 3.63) is 66.7 Å². The van der Waals surface area contributed by atoms with E-state index in [1.165, 1.54) is 37.7 Å². The molecule has 0 atom stereocenters. The molecule has 0 radical (unpaired) electrons. The van der Waals surface area contributed by atoms with Crippen LogP contribution in [-0.4, -0.2) is 30.1 Å². The van der Waals surface area contributed by atoms with Crippen LogP contribution in [0.2, 0.25) is 0 Å². The molecule has 0 unspecified atom stereocenters. The van der Waals surface area contributed by atoms with E-state index in [2.05, 4.69) is 66.7 Å². The highest BCUT2D eigenvalue weighted by atomic mass is 28.4. The Kier molecular flexibility index (Phi) is 3.70. The van der Waals surface area contributed by atoms with E-state index in [4.69, 9.17) is 13.3 Å². The van der Waals surface area contributed by atoms with Crippen LogP contribution in [0.5, 0.6) is 0 Å². The summed E-state index contributed by atoms with van der Waals surface area (Å²) >= 11 is 0. The van der Waals surface area contributed by atoms with Gasteiger partial charge in [-0.2, -0.15) is 0 Å². The van der Waals surface area contributed by atoms with Crippen LogP contribution in [0.15, 0.2) is 66.7 Å². The topological polar surface area (TPSA) is 27.7 Å². The van der Waals surface area contributed by atoms with Gasteiger partial charge in [0, 0.05) is 26.5 Å². The summed E-state index contributed by atoms with van der Waals surface area (Å²) in [6, 6.07) is 23.8. The van der Waals surface area contributed by atoms with Crippen LogP contribution in [0.1, 0.15) is 0 Å². The first-order valence-electron chi connectivity index (χ1n) is 8.98. The number of rotatable bonds is 4. The van der Waals surface area contributed by atoms with E-state index in [0.29, 0.717) is 0 Å². The van der Waals surface area contributed by atoms with Gasteiger partial charge in [0.1, 0.15) is 0 Å². The maximum atomic E-state index is 5.78. The predicted molar refractivity (Wildman–Crippen MR) is 114 cm³/mol. The van der Waals surface area contributed by atoms with Crippen LogP contribution < -0.4 is 5.19 Å². The molecule has 0 saturated carbocycles. The first-order valence-corrected chi connectivity index (χ1v) is 10.7. The summed E-state index contributed by atoms with van der Waals surface area (Å²) in [4.78, 5) is 0. The summed E-state index contributed by atoms with van der Waals surface area (Å²) in [6.45, 7) is 0. The second-order valence-corrected chi connectivity index (χ2v) is 9.64. The van der Waals surface area contributed by atoms with Crippen molar-refractivity contribution < 1.29 is 13.3 Å². The molecule has 0 N–H and O–H groups in total. The third kappa shape index (κ3) is 2.12. The molecule has 0 aliphatic heterocycles. The molecule has 5 aromatic rings. The molecular weight excluding hydrogens is 352 g/mol. The lowest BCUT2D eigenvalue weighted by Crippen LogP contribution is -2.54. The van der Waals surface area contributed by atoms with Gasteiger partial charge < -0.3 is 13.3 Å². The van der Waals surface area contributed by atoms with E-state index in [9.17, 15) is 0 Å². The number of hydrogen-bond acceptors (Lipinski definition) is 3. The van der Waals surface area contributed by atoms with Crippen molar-refractivity contribution in [1.29, 1.82) is 0 Å². The highest BCUT2D eigenvalue weighted by Crippen LogP contribution is 2.39. The van der Waals surface area contributed by atoms with Gasteiger partial charge in [-0.05, 0) is 43.1 Å². The smallest absolute Gasteiger partial charge is 0.373 e. The predicted octanol–water partition coefficient (Wildman–Crippen LogP) is 4.82. The zero-order valence-corrected chi connectivity index (χ0v) is 16.6. The van der Waals surface area contributed by atoms with Crippen LogP contribution >= 0.6 is 0 Å². The van der Waals surface area contributed by atoms with Crippen molar-refractivity contribution in [3.8, 4) is 0 Å². The molecule has 0 fully saturated rings. The summed E-state index contributed by atoms with van der Waals surface area (Å²) in [5, 5.41) is 11.0. The Morgan fingerprint density at radius 3 is 1.59 bits per heavy atom. The minimum Gasteiger partial charge on any atom is -0.373 e. The lowest BCUT2D eigenvalue weighted by atomic mass is 9.90. The standard InChI is InChI=1S/C23H20O3Si/c1-24-27(25-2,26-3)21-14-13-19-17-10-5-8-15-7-4-9-16(22(15)17)18-11-6-12-20(21)23(18)19/h4-14H,1-3H3. The lowest BCUT2D eigenvalue weighted by Gasteiger charge is -2.26. The largest absolute Gasteiger partial charge is 0.537 e. The fourth-order valence-electron chi connectivity index (χ4n) is 4.49. The molecule has 5 rings (SSSR count). The number of hydrogen-bond donors (Lipinski definition) is 0. The molecule has 3 nitrogen and oxygen atoms in total. The lowest BCUT2D eigenvalue weighted by molar-refractivity contribution is 0.140. The zero-order chi connectivity index (χ0) is 18.6. The molecule has 0 aliphatic rings. The van der Waals surface area contributed by atoms with Gasteiger partial charge in [-0.1, -0.05) is 66.7 Å². The summed E-state index contributed by atoms with van der Waals surface area (Å²) < 4.78 is 17.4.